The van der Waals surface area contributed by atoms with E-state index in [4.69, 9.17) is 9.84 Å². The number of benzene rings is 1. The Kier molecular flexibility index (Phi) is 6.87. The maximum atomic E-state index is 12.3. The highest BCUT2D eigenvalue weighted by Crippen LogP contribution is 2.13. The number of carbonyl (C=O) groups excluding carboxylic acids is 2. The largest absolute Gasteiger partial charge is 0.481 e. The van der Waals surface area contributed by atoms with Gasteiger partial charge in [0.05, 0.1) is 12.5 Å². The zero-order valence-electron chi connectivity index (χ0n) is 15.1. The van der Waals surface area contributed by atoms with Crippen LogP contribution >= 0.6 is 0 Å². The van der Waals surface area contributed by atoms with Crippen LogP contribution in [-0.2, 0) is 4.79 Å². The Hall–Kier alpha value is -3.42. The molecule has 1 heterocycles. The van der Waals surface area contributed by atoms with E-state index in [0.29, 0.717) is 17.1 Å². The number of aromatic nitrogens is 1. The molecule has 1 aromatic carbocycles. The van der Waals surface area contributed by atoms with Crippen LogP contribution in [0.1, 0.15) is 41.1 Å². The van der Waals surface area contributed by atoms with Gasteiger partial charge in [-0.3, -0.25) is 14.4 Å². The minimum atomic E-state index is -0.982. The van der Waals surface area contributed by atoms with Gasteiger partial charge in [0, 0.05) is 23.9 Å². The molecular formula is C19H21N3O5. The molecule has 0 spiro atoms. The first kappa shape index (κ1) is 19.9. The molecule has 2 aromatic rings. The van der Waals surface area contributed by atoms with E-state index in [1.807, 2.05) is 13.8 Å². The van der Waals surface area contributed by atoms with Gasteiger partial charge in [-0.2, -0.15) is 0 Å². The molecule has 0 radical (unpaired) electrons. The predicted molar refractivity (Wildman–Crippen MR) is 99.0 cm³/mol. The maximum absolute atomic E-state index is 12.3. The van der Waals surface area contributed by atoms with Crippen molar-refractivity contribution in [3.05, 3.63) is 53.7 Å². The molecule has 8 nitrogen and oxygen atoms in total. The number of pyridine rings is 1. The van der Waals surface area contributed by atoms with Gasteiger partial charge in [-0.25, -0.2) is 4.98 Å². The number of aliphatic carboxylic acids is 1. The van der Waals surface area contributed by atoms with Crippen molar-refractivity contribution in [1.29, 1.82) is 0 Å². The monoisotopic (exact) mass is 371 g/mol. The van der Waals surface area contributed by atoms with E-state index < -0.39 is 11.9 Å². The summed E-state index contributed by atoms with van der Waals surface area (Å²) in [5.41, 5.74) is 1.08. The zero-order valence-corrected chi connectivity index (χ0v) is 15.1. The maximum Gasteiger partial charge on any atom is 0.305 e. The zero-order chi connectivity index (χ0) is 19.8. The lowest BCUT2D eigenvalue weighted by Crippen LogP contribution is -2.25. The van der Waals surface area contributed by atoms with Crippen LogP contribution in [0.15, 0.2) is 42.5 Å². The van der Waals surface area contributed by atoms with Gasteiger partial charge in [0.25, 0.3) is 11.8 Å². The summed E-state index contributed by atoms with van der Waals surface area (Å²) in [4.78, 5) is 38.8. The molecule has 27 heavy (non-hydrogen) atoms. The standard InChI is InChI=1S/C19H21N3O5/c1-12(2)27-16-5-3-4-15(22-16)19(26)21-14-8-6-13(7-9-14)18(25)20-11-10-17(23)24/h3-9,12H,10-11H2,1-2H3,(H,20,25)(H,21,26)(H,23,24). The summed E-state index contributed by atoms with van der Waals surface area (Å²) in [5.74, 6) is -1.40. The molecule has 8 heteroatoms. The molecule has 0 atom stereocenters. The number of carbonyl (C=O) groups is 3. The van der Waals surface area contributed by atoms with Gasteiger partial charge in [-0.15, -0.1) is 0 Å². The van der Waals surface area contributed by atoms with Crippen LogP contribution in [0, 0.1) is 0 Å². The molecule has 2 amide bonds. The normalized spacial score (nSPS) is 10.3. The molecule has 1 aromatic heterocycles. The summed E-state index contributed by atoms with van der Waals surface area (Å²) in [6.45, 7) is 3.79. The van der Waals surface area contributed by atoms with E-state index in [1.54, 1.807) is 30.3 Å². The van der Waals surface area contributed by atoms with Crippen molar-refractivity contribution in [2.45, 2.75) is 26.4 Å². The minimum absolute atomic E-state index is 0.0487. The SMILES string of the molecule is CC(C)Oc1cccc(C(=O)Nc2ccc(C(=O)NCCC(=O)O)cc2)n1. The first-order chi connectivity index (χ1) is 12.8. The summed E-state index contributed by atoms with van der Waals surface area (Å²) in [7, 11) is 0. The number of ether oxygens (including phenoxy) is 1. The minimum Gasteiger partial charge on any atom is -0.481 e. The van der Waals surface area contributed by atoms with E-state index >= 15 is 0 Å². The summed E-state index contributed by atoms with van der Waals surface area (Å²) in [6.07, 6.45) is -0.197. The lowest BCUT2D eigenvalue weighted by molar-refractivity contribution is -0.136. The Morgan fingerprint density at radius 1 is 1.07 bits per heavy atom. The quantitative estimate of drug-likeness (QED) is 0.655. The molecular weight excluding hydrogens is 350 g/mol. The molecule has 0 bridgehead atoms. The van der Waals surface area contributed by atoms with Crippen molar-refractivity contribution < 1.29 is 24.2 Å². The number of rotatable bonds is 8. The number of anilines is 1. The van der Waals surface area contributed by atoms with Crippen LogP contribution in [-0.4, -0.2) is 40.5 Å². The number of nitrogens with one attached hydrogen (secondary N) is 2. The molecule has 0 unspecified atom stereocenters. The fourth-order valence-electron chi connectivity index (χ4n) is 2.13. The van der Waals surface area contributed by atoms with Gasteiger partial charge in [-0.1, -0.05) is 6.07 Å². The summed E-state index contributed by atoms with van der Waals surface area (Å²) in [5, 5.41) is 13.8. The Morgan fingerprint density at radius 3 is 2.41 bits per heavy atom. The van der Waals surface area contributed by atoms with Crippen LogP contribution < -0.4 is 15.4 Å². The van der Waals surface area contributed by atoms with Crippen LogP contribution in [0.4, 0.5) is 5.69 Å². The summed E-state index contributed by atoms with van der Waals surface area (Å²) in [6, 6.07) is 11.2. The second kappa shape index (κ2) is 9.33. The van der Waals surface area contributed by atoms with Crippen molar-refractivity contribution in [3.8, 4) is 5.88 Å². The van der Waals surface area contributed by atoms with Gasteiger partial charge in [0.1, 0.15) is 5.69 Å². The first-order valence-corrected chi connectivity index (χ1v) is 8.40. The molecule has 0 aliphatic heterocycles. The lowest BCUT2D eigenvalue weighted by atomic mass is 10.2. The Labute approximate surface area is 156 Å². The van der Waals surface area contributed by atoms with Gasteiger partial charge in [0.15, 0.2) is 0 Å². The van der Waals surface area contributed by atoms with E-state index in [0.717, 1.165) is 0 Å². The number of hydrogen-bond acceptors (Lipinski definition) is 5. The highest BCUT2D eigenvalue weighted by Gasteiger charge is 2.11. The molecule has 2 rings (SSSR count). The molecule has 0 aliphatic rings. The molecule has 0 saturated heterocycles. The highest BCUT2D eigenvalue weighted by molar-refractivity contribution is 6.03. The van der Waals surface area contributed by atoms with Crippen molar-refractivity contribution in [2.75, 3.05) is 11.9 Å². The summed E-state index contributed by atoms with van der Waals surface area (Å²) >= 11 is 0. The second-order valence-electron chi connectivity index (χ2n) is 5.96. The van der Waals surface area contributed by atoms with Gasteiger partial charge < -0.3 is 20.5 Å². The fraction of sp³-hybridized carbons (Fsp3) is 0.263. The number of nitrogens with zero attached hydrogens (tertiary/aromatic N) is 1. The van der Waals surface area contributed by atoms with E-state index in [-0.39, 0.29) is 30.7 Å². The van der Waals surface area contributed by atoms with Crippen LogP contribution in [0.5, 0.6) is 5.88 Å². The first-order valence-electron chi connectivity index (χ1n) is 8.40. The average molecular weight is 371 g/mol. The van der Waals surface area contributed by atoms with Gasteiger partial charge in [0.2, 0.25) is 5.88 Å². The van der Waals surface area contributed by atoms with E-state index in [1.165, 1.54) is 12.1 Å². The third-order valence-corrected chi connectivity index (χ3v) is 3.34. The lowest BCUT2D eigenvalue weighted by Gasteiger charge is -2.10. The third-order valence-electron chi connectivity index (χ3n) is 3.34. The van der Waals surface area contributed by atoms with Crippen LogP contribution in [0.2, 0.25) is 0 Å². The smallest absolute Gasteiger partial charge is 0.305 e. The Bertz CT molecular complexity index is 818. The van der Waals surface area contributed by atoms with Crippen LogP contribution in [0.3, 0.4) is 0 Å². The topological polar surface area (TPSA) is 118 Å². The number of carboxylic acid groups (broad SMARTS) is 1. The van der Waals surface area contributed by atoms with Crippen molar-refractivity contribution in [1.82, 2.24) is 10.3 Å². The van der Waals surface area contributed by atoms with Crippen LogP contribution in [0.25, 0.3) is 0 Å². The van der Waals surface area contributed by atoms with Crippen molar-refractivity contribution in [2.24, 2.45) is 0 Å². The highest BCUT2D eigenvalue weighted by atomic mass is 16.5. The number of amides is 2. The molecule has 3 N–H and O–H groups in total. The van der Waals surface area contributed by atoms with Gasteiger partial charge >= 0.3 is 5.97 Å². The molecule has 0 fully saturated rings. The second-order valence-corrected chi connectivity index (χ2v) is 5.96. The Balaban J connectivity index is 1.96. The summed E-state index contributed by atoms with van der Waals surface area (Å²) < 4.78 is 5.47. The van der Waals surface area contributed by atoms with E-state index in [2.05, 4.69) is 15.6 Å². The molecule has 142 valence electrons. The van der Waals surface area contributed by atoms with Crippen molar-refractivity contribution >= 4 is 23.5 Å². The predicted octanol–water partition coefficient (Wildman–Crippen LogP) is 2.33. The van der Waals surface area contributed by atoms with Gasteiger partial charge in [-0.05, 0) is 44.2 Å². The molecule has 0 saturated carbocycles. The number of hydrogen-bond donors (Lipinski definition) is 3. The molecule has 0 aliphatic carbocycles. The van der Waals surface area contributed by atoms with Crippen molar-refractivity contribution in [3.63, 3.8) is 0 Å². The fourth-order valence-corrected chi connectivity index (χ4v) is 2.13. The van der Waals surface area contributed by atoms with E-state index in [9.17, 15) is 14.4 Å². The average Bonchev–Trinajstić information content (AvgIpc) is 2.61. The third kappa shape index (κ3) is 6.43. The Morgan fingerprint density at radius 2 is 1.78 bits per heavy atom. The number of carboxylic acids is 1.